The lowest BCUT2D eigenvalue weighted by atomic mass is 9.77. The maximum absolute atomic E-state index is 4.96. The first-order chi connectivity index (χ1) is 22.0. The van der Waals surface area contributed by atoms with E-state index in [9.17, 15) is 0 Å². The first kappa shape index (κ1) is 28.1. The zero-order chi connectivity index (χ0) is 30.6. The Morgan fingerprint density at radius 1 is 0.356 bits per heavy atom. The average molecular weight is 581 g/mol. The van der Waals surface area contributed by atoms with Crippen molar-refractivity contribution in [3.8, 4) is 56.5 Å². The van der Waals surface area contributed by atoms with Crippen LogP contribution in [0, 0.1) is 0 Å². The molecule has 0 aliphatic heterocycles. The van der Waals surface area contributed by atoms with E-state index in [0.29, 0.717) is 17.5 Å². The number of benzene rings is 5. The van der Waals surface area contributed by atoms with Gasteiger partial charge < -0.3 is 0 Å². The summed E-state index contributed by atoms with van der Waals surface area (Å²) in [4.78, 5) is 19.3. The quantitative estimate of drug-likeness (QED) is 0.188. The van der Waals surface area contributed by atoms with Crippen molar-refractivity contribution in [1.29, 1.82) is 0 Å². The molecule has 216 valence electrons. The van der Waals surface area contributed by atoms with Crippen LogP contribution in [-0.4, -0.2) is 19.9 Å². The van der Waals surface area contributed by atoms with Crippen LogP contribution in [0.1, 0.15) is 25.0 Å². The van der Waals surface area contributed by atoms with Crippen LogP contribution in [0.5, 0.6) is 0 Å². The van der Waals surface area contributed by atoms with Crippen molar-refractivity contribution in [2.24, 2.45) is 0 Å². The van der Waals surface area contributed by atoms with Crippen molar-refractivity contribution >= 4 is 0 Å². The summed E-state index contributed by atoms with van der Waals surface area (Å²) in [6.07, 6.45) is 1.83. The SMILES string of the molecule is CC(C)(c1ccc(-c2ccccn2)cc1)c1ccc(-c2nc(-c3ccccc3)nc(-c3ccc(-c4ccccc4)cc3)n2)cc1. The van der Waals surface area contributed by atoms with E-state index in [0.717, 1.165) is 33.5 Å². The molecule has 0 amide bonds. The van der Waals surface area contributed by atoms with E-state index in [2.05, 4.69) is 116 Å². The highest BCUT2D eigenvalue weighted by atomic mass is 15.0. The molecule has 4 nitrogen and oxygen atoms in total. The summed E-state index contributed by atoms with van der Waals surface area (Å²) >= 11 is 0. The van der Waals surface area contributed by atoms with E-state index < -0.39 is 0 Å². The largest absolute Gasteiger partial charge is 0.256 e. The van der Waals surface area contributed by atoms with Gasteiger partial charge in [0.2, 0.25) is 0 Å². The molecule has 0 fully saturated rings. The number of pyridine rings is 1. The molecule has 0 unspecified atom stereocenters. The van der Waals surface area contributed by atoms with E-state index in [1.807, 2.05) is 60.8 Å². The first-order valence-corrected chi connectivity index (χ1v) is 15.1. The summed E-state index contributed by atoms with van der Waals surface area (Å²) in [7, 11) is 0. The van der Waals surface area contributed by atoms with Gasteiger partial charge in [0.05, 0.1) is 5.69 Å². The molecule has 7 rings (SSSR count). The predicted molar refractivity (Wildman–Crippen MR) is 183 cm³/mol. The third-order valence-electron chi connectivity index (χ3n) is 8.35. The second-order valence-electron chi connectivity index (χ2n) is 11.6. The molecule has 0 bridgehead atoms. The average Bonchev–Trinajstić information content (AvgIpc) is 3.13. The maximum atomic E-state index is 4.96. The number of aromatic nitrogens is 4. The lowest BCUT2D eigenvalue weighted by Crippen LogP contribution is -2.18. The minimum absolute atomic E-state index is 0.193. The Hall–Kier alpha value is -5.74. The molecular formula is C41H32N4. The van der Waals surface area contributed by atoms with Crippen LogP contribution in [0.25, 0.3) is 56.5 Å². The molecule has 4 heteroatoms. The summed E-state index contributed by atoms with van der Waals surface area (Å²) in [5.74, 6) is 1.95. The van der Waals surface area contributed by atoms with Crippen molar-refractivity contribution in [1.82, 2.24) is 19.9 Å². The van der Waals surface area contributed by atoms with Crippen LogP contribution < -0.4 is 0 Å². The highest BCUT2D eigenvalue weighted by Crippen LogP contribution is 2.34. The fourth-order valence-electron chi connectivity index (χ4n) is 5.59. The Balaban J connectivity index is 1.21. The molecular weight excluding hydrogens is 548 g/mol. The maximum Gasteiger partial charge on any atom is 0.164 e. The van der Waals surface area contributed by atoms with Crippen LogP contribution in [0.2, 0.25) is 0 Å². The van der Waals surface area contributed by atoms with Crippen LogP contribution in [0.3, 0.4) is 0 Å². The number of nitrogens with zero attached hydrogens (tertiary/aromatic N) is 4. The monoisotopic (exact) mass is 580 g/mol. The molecule has 7 aromatic rings. The van der Waals surface area contributed by atoms with Gasteiger partial charge in [-0.05, 0) is 34.4 Å². The predicted octanol–water partition coefficient (Wildman–Crippen LogP) is 9.93. The summed E-state index contributed by atoms with van der Waals surface area (Å²) in [6.45, 7) is 4.51. The lowest BCUT2D eigenvalue weighted by Gasteiger charge is -2.26. The van der Waals surface area contributed by atoms with Crippen molar-refractivity contribution in [2.75, 3.05) is 0 Å². The molecule has 2 heterocycles. The zero-order valence-electron chi connectivity index (χ0n) is 25.3. The Bertz CT molecular complexity index is 2020. The van der Waals surface area contributed by atoms with Crippen molar-refractivity contribution in [3.05, 3.63) is 169 Å². The zero-order valence-corrected chi connectivity index (χ0v) is 25.3. The second kappa shape index (κ2) is 12.1. The van der Waals surface area contributed by atoms with Gasteiger partial charge in [0.1, 0.15) is 0 Å². The van der Waals surface area contributed by atoms with E-state index >= 15 is 0 Å². The van der Waals surface area contributed by atoms with Gasteiger partial charge in [0.25, 0.3) is 0 Å². The summed E-state index contributed by atoms with van der Waals surface area (Å²) < 4.78 is 0. The van der Waals surface area contributed by atoms with Gasteiger partial charge in [-0.15, -0.1) is 0 Å². The highest BCUT2D eigenvalue weighted by Gasteiger charge is 2.23. The molecule has 5 aromatic carbocycles. The first-order valence-electron chi connectivity index (χ1n) is 15.1. The van der Waals surface area contributed by atoms with Crippen molar-refractivity contribution in [3.63, 3.8) is 0 Å². The van der Waals surface area contributed by atoms with Gasteiger partial charge in [-0.25, -0.2) is 15.0 Å². The second-order valence-corrected chi connectivity index (χ2v) is 11.6. The smallest absolute Gasteiger partial charge is 0.164 e. The molecule has 0 aliphatic rings. The molecule has 0 saturated heterocycles. The van der Waals surface area contributed by atoms with Crippen molar-refractivity contribution < 1.29 is 0 Å². The summed E-state index contributed by atoms with van der Waals surface area (Å²) in [5, 5.41) is 0. The lowest BCUT2D eigenvalue weighted by molar-refractivity contribution is 0.641. The van der Waals surface area contributed by atoms with Crippen LogP contribution in [0.4, 0.5) is 0 Å². The van der Waals surface area contributed by atoms with Crippen LogP contribution >= 0.6 is 0 Å². The van der Waals surface area contributed by atoms with Gasteiger partial charge in [0.15, 0.2) is 17.5 Å². The number of hydrogen-bond donors (Lipinski definition) is 0. The topological polar surface area (TPSA) is 51.6 Å². The molecule has 0 atom stereocenters. The summed E-state index contributed by atoms with van der Waals surface area (Å²) in [6, 6.07) is 52.2. The minimum atomic E-state index is -0.193. The molecule has 0 aliphatic carbocycles. The van der Waals surface area contributed by atoms with Gasteiger partial charge in [-0.1, -0.05) is 153 Å². The Morgan fingerprint density at radius 3 is 1.22 bits per heavy atom. The van der Waals surface area contributed by atoms with Gasteiger partial charge in [-0.3, -0.25) is 4.98 Å². The van der Waals surface area contributed by atoms with Gasteiger partial charge >= 0.3 is 0 Å². The Morgan fingerprint density at radius 2 is 0.733 bits per heavy atom. The molecule has 0 N–H and O–H groups in total. The molecule has 0 spiro atoms. The van der Waals surface area contributed by atoms with Gasteiger partial charge in [0, 0.05) is 33.9 Å². The van der Waals surface area contributed by atoms with E-state index in [4.69, 9.17) is 15.0 Å². The fourth-order valence-corrected chi connectivity index (χ4v) is 5.59. The van der Waals surface area contributed by atoms with Crippen LogP contribution in [-0.2, 0) is 5.41 Å². The standard InChI is InChI=1S/C41H32N4/c1-41(2,35-24-20-31(21-25-35)37-15-9-10-28-42-37)36-26-22-34(23-27-36)40-44-38(32-13-7-4-8-14-32)43-39(45-40)33-18-16-30(17-19-33)29-11-5-3-6-12-29/h3-28H,1-2H3. The third kappa shape index (κ3) is 5.91. The minimum Gasteiger partial charge on any atom is -0.256 e. The number of hydrogen-bond acceptors (Lipinski definition) is 4. The molecule has 45 heavy (non-hydrogen) atoms. The van der Waals surface area contributed by atoms with Crippen LogP contribution in [0.15, 0.2) is 158 Å². The fraction of sp³-hybridized carbons (Fsp3) is 0.0732. The molecule has 0 radical (unpaired) electrons. The normalized spacial score (nSPS) is 11.3. The highest BCUT2D eigenvalue weighted by molar-refractivity contribution is 5.70. The van der Waals surface area contributed by atoms with Gasteiger partial charge in [-0.2, -0.15) is 0 Å². The number of rotatable bonds is 7. The summed E-state index contributed by atoms with van der Waals surface area (Å²) in [5.41, 5.74) is 9.53. The Labute approximate surface area is 264 Å². The third-order valence-corrected chi connectivity index (χ3v) is 8.35. The van der Waals surface area contributed by atoms with E-state index in [1.54, 1.807) is 0 Å². The van der Waals surface area contributed by atoms with Crippen molar-refractivity contribution in [2.45, 2.75) is 19.3 Å². The Kier molecular flexibility index (Phi) is 7.54. The van der Waals surface area contributed by atoms with E-state index in [1.165, 1.54) is 16.7 Å². The van der Waals surface area contributed by atoms with E-state index in [-0.39, 0.29) is 5.41 Å². The molecule has 0 saturated carbocycles. The molecule has 2 aromatic heterocycles.